The standard InChI is InChI=1S/C7H9BrN2O/c8-6-4-11-7(10-6)3-9-5-1-2-5/h4-5,9H,1-3H2. The average Bonchev–Trinajstić information content (AvgIpc) is 2.72. The van der Waals surface area contributed by atoms with Gasteiger partial charge in [0.1, 0.15) is 10.9 Å². The van der Waals surface area contributed by atoms with E-state index in [0.29, 0.717) is 6.04 Å². The van der Waals surface area contributed by atoms with Gasteiger partial charge >= 0.3 is 0 Å². The fourth-order valence-electron chi connectivity index (χ4n) is 0.889. The first-order valence-electron chi connectivity index (χ1n) is 3.68. The minimum Gasteiger partial charge on any atom is -0.446 e. The number of rotatable bonds is 3. The van der Waals surface area contributed by atoms with Crippen molar-refractivity contribution in [3.63, 3.8) is 0 Å². The number of hydrogen-bond donors (Lipinski definition) is 1. The summed E-state index contributed by atoms with van der Waals surface area (Å²) in [7, 11) is 0. The number of nitrogens with zero attached hydrogens (tertiary/aromatic N) is 1. The van der Waals surface area contributed by atoms with Gasteiger partial charge in [0.2, 0.25) is 5.89 Å². The molecule has 1 saturated carbocycles. The summed E-state index contributed by atoms with van der Waals surface area (Å²) in [6.07, 6.45) is 4.19. The van der Waals surface area contributed by atoms with Gasteiger partial charge in [-0.25, -0.2) is 4.98 Å². The monoisotopic (exact) mass is 216 g/mol. The maximum atomic E-state index is 5.12. The Bertz CT molecular complexity index is 244. The molecule has 0 radical (unpaired) electrons. The van der Waals surface area contributed by atoms with Gasteiger partial charge in [-0.1, -0.05) is 0 Å². The topological polar surface area (TPSA) is 38.1 Å². The van der Waals surface area contributed by atoms with Gasteiger partial charge in [0, 0.05) is 6.04 Å². The third-order valence-corrected chi connectivity index (χ3v) is 2.01. The van der Waals surface area contributed by atoms with Gasteiger partial charge in [0.05, 0.1) is 6.54 Å². The summed E-state index contributed by atoms with van der Waals surface area (Å²) in [5.74, 6) is 0.753. The summed E-state index contributed by atoms with van der Waals surface area (Å²) < 4.78 is 5.89. The molecule has 0 spiro atoms. The highest BCUT2D eigenvalue weighted by atomic mass is 79.9. The smallest absolute Gasteiger partial charge is 0.209 e. The second-order valence-corrected chi connectivity index (χ2v) is 3.53. The maximum absolute atomic E-state index is 5.12. The molecule has 1 aromatic rings. The van der Waals surface area contributed by atoms with Crippen molar-refractivity contribution < 1.29 is 4.42 Å². The molecular formula is C7H9BrN2O. The van der Waals surface area contributed by atoms with Crippen molar-refractivity contribution in [2.75, 3.05) is 0 Å². The Balaban J connectivity index is 1.85. The molecule has 1 aliphatic rings. The summed E-state index contributed by atoms with van der Waals surface area (Å²) >= 11 is 3.22. The van der Waals surface area contributed by atoms with Crippen LogP contribution in [0.1, 0.15) is 18.7 Å². The van der Waals surface area contributed by atoms with E-state index in [9.17, 15) is 0 Å². The van der Waals surface area contributed by atoms with Crippen molar-refractivity contribution in [3.05, 3.63) is 16.8 Å². The molecule has 3 nitrogen and oxygen atoms in total. The van der Waals surface area contributed by atoms with Crippen molar-refractivity contribution in [2.24, 2.45) is 0 Å². The van der Waals surface area contributed by atoms with E-state index in [-0.39, 0.29) is 0 Å². The SMILES string of the molecule is Brc1coc(CNC2CC2)n1. The summed E-state index contributed by atoms with van der Waals surface area (Å²) in [6.45, 7) is 0.746. The van der Waals surface area contributed by atoms with Crippen LogP contribution in [-0.2, 0) is 6.54 Å². The molecule has 2 rings (SSSR count). The number of nitrogens with one attached hydrogen (secondary N) is 1. The third kappa shape index (κ3) is 2.04. The predicted octanol–water partition coefficient (Wildman–Crippen LogP) is 1.69. The highest BCUT2D eigenvalue weighted by Crippen LogP contribution is 2.19. The maximum Gasteiger partial charge on any atom is 0.209 e. The van der Waals surface area contributed by atoms with Crippen LogP contribution in [0, 0.1) is 0 Å². The second kappa shape index (κ2) is 2.95. The van der Waals surface area contributed by atoms with Crippen LogP contribution in [0.3, 0.4) is 0 Å². The van der Waals surface area contributed by atoms with E-state index in [4.69, 9.17) is 4.42 Å². The molecule has 1 aromatic heterocycles. The summed E-state index contributed by atoms with van der Waals surface area (Å²) in [5, 5.41) is 3.31. The van der Waals surface area contributed by atoms with Crippen LogP contribution in [0.5, 0.6) is 0 Å². The van der Waals surface area contributed by atoms with Crippen LogP contribution >= 0.6 is 15.9 Å². The fraction of sp³-hybridized carbons (Fsp3) is 0.571. The third-order valence-electron chi connectivity index (χ3n) is 1.64. The average molecular weight is 217 g/mol. The zero-order valence-corrected chi connectivity index (χ0v) is 7.60. The van der Waals surface area contributed by atoms with E-state index >= 15 is 0 Å². The zero-order chi connectivity index (χ0) is 7.68. The fourth-order valence-corrected chi connectivity index (χ4v) is 1.18. The minimum absolute atomic E-state index is 0.709. The molecule has 1 fully saturated rings. The summed E-state index contributed by atoms with van der Waals surface area (Å²) in [5.41, 5.74) is 0. The van der Waals surface area contributed by atoms with Crippen LogP contribution in [-0.4, -0.2) is 11.0 Å². The molecule has 0 aliphatic heterocycles. The molecule has 1 N–H and O–H groups in total. The van der Waals surface area contributed by atoms with Crippen molar-refractivity contribution in [2.45, 2.75) is 25.4 Å². The van der Waals surface area contributed by atoms with Gasteiger partial charge < -0.3 is 9.73 Å². The number of oxazole rings is 1. The zero-order valence-electron chi connectivity index (χ0n) is 6.01. The van der Waals surface area contributed by atoms with Crippen LogP contribution in [0.15, 0.2) is 15.3 Å². The van der Waals surface area contributed by atoms with E-state index in [2.05, 4.69) is 26.2 Å². The van der Waals surface area contributed by atoms with E-state index in [1.54, 1.807) is 6.26 Å². The molecule has 0 aromatic carbocycles. The van der Waals surface area contributed by atoms with Gasteiger partial charge in [-0.3, -0.25) is 0 Å². The Morgan fingerprint density at radius 2 is 2.55 bits per heavy atom. The van der Waals surface area contributed by atoms with Crippen LogP contribution < -0.4 is 5.32 Å². The van der Waals surface area contributed by atoms with Gasteiger partial charge in [-0.05, 0) is 28.8 Å². The molecule has 60 valence electrons. The normalized spacial score (nSPS) is 17.2. The van der Waals surface area contributed by atoms with Crippen LogP contribution in [0.2, 0.25) is 0 Å². The largest absolute Gasteiger partial charge is 0.446 e. The van der Waals surface area contributed by atoms with Crippen molar-refractivity contribution in [3.8, 4) is 0 Å². The Labute approximate surface area is 73.3 Å². The Kier molecular flexibility index (Phi) is 1.96. The molecule has 0 amide bonds. The first-order valence-corrected chi connectivity index (χ1v) is 4.47. The van der Waals surface area contributed by atoms with Crippen molar-refractivity contribution in [1.82, 2.24) is 10.3 Å². The lowest BCUT2D eigenvalue weighted by atomic mass is 10.6. The van der Waals surface area contributed by atoms with Crippen molar-refractivity contribution in [1.29, 1.82) is 0 Å². The number of hydrogen-bond acceptors (Lipinski definition) is 3. The first-order chi connectivity index (χ1) is 5.34. The highest BCUT2D eigenvalue weighted by Gasteiger charge is 2.20. The van der Waals surface area contributed by atoms with Crippen molar-refractivity contribution >= 4 is 15.9 Å². The molecular weight excluding hydrogens is 208 g/mol. The minimum atomic E-state index is 0.709. The van der Waals surface area contributed by atoms with E-state index in [1.165, 1.54) is 12.8 Å². The first kappa shape index (κ1) is 7.31. The molecule has 1 heterocycles. The molecule has 0 bridgehead atoms. The molecule has 0 unspecified atom stereocenters. The highest BCUT2D eigenvalue weighted by molar-refractivity contribution is 9.10. The number of aromatic nitrogens is 1. The van der Waals surface area contributed by atoms with E-state index in [1.807, 2.05) is 0 Å². The lowest BCUT2D eigenvalue weighted by Gasteiger charge is -1.95. The lowest BCUT2D eigenvalue weighted by Crippen LogP contribution is -2.15. The summed E-state index contributed by atoms with van der Waals surface area (Å²) in [4.78, 5) is 4.10. The molecule has 1 aliphatic carbocycles. The van der Waals surface area contributed by atoms with Gasteiger partial charge in [0.25, 0.3) is 0 Å². The molecule has 11 heavy (non-hydrogen) atoms. The lowest BCUT2D eigenvalue weighted by molar-refractivity contribution is 0.467. The quantitative estimate of drug-likeness (QED) is 0.837. The van der Waals surface area contributed by atoms with Crippen LogP contribution in [0.4, 0.5) is 0 Å². The summed E-state index contributed by atoms with van der Waals surface area (Å²) in [6, 6.07) is 0.709. The molecule has 4 heteroatoms. The Hall–Kier alpha value is -0.350. The molecule has 0 atom stereocenters. The van der Waals surface area contributed by atoms with Gasteiger partial charge in [-0.15, -0.1) is 0 Å². The Morgan fingerprint density at radius 1 is 1.73 bits per heavy atom. The van der Waals surface area contributed by atoms with E-state index < -0.39 is 0 Å². The van der Waals surface area contributed by atoms with E-state index in [0.717, 1.165) is 17.0 Å². The second-order valence-electron chi connectivity index (χ2n) is 2.72. The molecule has 0 saturated heterocycles. The Morgan fingerprint density at radius 3 is 3.09 bits per heavy atom. The van der Waals surface area contributed by atoms with Crippen LogP contribution in [0.25, 0.3) is 0 Å². The van der Waals surface area contributed by atoms with Gasteiger partial charge in [0.15, 0.2) is 0 Å². The number of halogens is 1. The van der Waals surface area contributed by atoms with Gasteiger partial charge in [-0.2, -0.15) is 0 Å². The predicted molar refractivity (Wildman–Crippen MR) is 44.1 cm³/mol.